The van der Waals surface area contributed by atoms with Gasteiger partial charge in [-0.15, -0.1) is 11.3 Å². The summed E-state index contributed by atoms with van der Waals surface area (Å²) in [6, 6.07) is 7.03. The number of nitrogens with zero attached hydrogens (tertiary/aromatic N) is 1. The molecule has 1 saturated heterocycles. The highest BCUT2D eigenvalue weighted by molar-refractivity contribution is 7.18. The number of hydrogen-bond acceptors (Lipinski definition) is 3. The van der Waals surface area contributed by atoms with E-state index in [4.69, 9.17) is 4.98 Å². The Morgan fingerprint density at radius 3 is 2.48 bits per heavy atom. The molecule has 0 bridgehead atoms. The van der Waals surface area contributed by atoms with Crippen LogP contribution in [0.5, 0.6) is 0 Å². The average molecular weight is 389 g/mol. The van der Waals surface area contributed by atoms with Crippen molar-refractivity contribution < 1.29 is 14.2 Å². The van der Waals surface area contributed by atoms with Crippen molar-refractivity contribution in [2.75, 3.05) is 26.2 Å². The lowest BCUT2D eigenvalue weighted by atomic mass is 10.2. The molecule has 1 fully saturated rings. The maximum absolute atomic E-state index is 13.8. The molecule has 0 spiro atoms. The fourth-order valence-corrected chi connectivity index (χ4v) is 4.89. The van der Waals surface area contributed by atoms with E-state index in [0.29, 0.717) is 0 Å². The second-order valence-electron chi connectivity index (χ2n) is 7.42. The van der Waals surface area contributed by atoms with E-state index in [1.807, 2.05) is 26.0 Å². The lowest BCUT2D eigenvalue weighted by Gasteiger charge is -2.29. The van der Waals surface area contributed by atoms with Crippen molar-refractivity contribution in [3.05, 3.63) is 62.3 Å². The van der Waals surface area contributed by atoms with Gasteiger partial charge in [0.15, 0.2) is 5.82 Å². The molecule has 7 heteroatoms. The zero-order valence-corrected chi connectivity index (χ0v) is 16.5. The number of piperazine rings is 1. The van der Waals surface area contributed by atoms with Gasteiger partial charge in [0.05, 0.1) is 5.39 Å². The lowest BCUT2D eigenvalue weighted by molar-refractivity contribution is -1.02. The Labute approximate surface area is 161 Å². The van der Waals surface area contributed by atoms with Crippen LogP contribution < -0.4 is 15.4 Å². The van der Waals surface area contributed by atoms with Gasteiger partial charge in [0.25, 0.3) is 5.56 Å². The molecule has 3 aromatic rings. The maximum Gasteiger partial charge on any atom is 0.260 e. The van der Waals surface area contributed by atoms with Crippen LogP contribution in [-0.4, -0.2) is 36.1 Å². The molecular weight excluding hydrogens is 363 g/mol. The summed E-state index contributed by atoms with van der Waals surface area (Å²) in [4.78, 5) is 24.9. The number of aromatic amines is 1. The molecule has 1 aliphatic heterocycles. The second-order valence-corrected chi connectivity index (χ2v) is 8.62. The molecular formula is C20H25FN4OS+2. The smallest absolute Gasteiger partial charge is 0.260 e. The van der Waals surface area contributed by atoms with Crippen molar-refractivity contribution in [3.8, 4) is 0 Å². The molecule has 4 rings (SSSR count). The van der Waals surface area contributed by atoms with Gasteiger partial charge in [-0.3, -0.25) is 4.79 Å². The van der Waals surface area contributed by atoms with Crippen molar-refractivity contribution in [1.29, 1.82) is 0 Å². The molecule has 27 heavy (non-hydrogen) atoms. The minimum absolute atomic E-state index is 0.0277. The van der Waals surface area contributed by atoms with E-state index in [2.05, 4.69) is 4.98 Å². The molecule has 1 aromatic carbocycles. The van der Waals surface area contributed by atoms with Crippen LogP contribution in [0.4, 0.5) is 4.39 Å². The third-order valence-electron chi connectivity index (χ3n) is 5.57. The first-order chi connectivity index (χ1) is 13.0. The van der Waals surface area contributed by atoms with Gasteiger partial charge in [-0.2, -0.15) is 0 Å². The summed E-state index contributed by atoms with van der Waals surface area (Å²) in [6.07, 6.45) is 0. The van der Waals surface area contributed by atoms with Gasteiger partial charge in [0.1, 0.15) is 49.9 Å². The first-order valence-electron chi connectivity index (χ1n) is 9.40. The maximum atomic E-state index is 13.8. The van der Waals surface area contributed by atoms with Gasteiger partial charge in [-0.05, 0) is 25.5 Å². The zero-order chi connectivity index (χ0) is 19.0. The topological polar surface area (TPSA) is 54.6 Å². The van der Waals surface area contributed by atoms with E-state index >= 15 is 0 Å². The Morgan fingerprint density at radius 1 is 1.11 bits per heavy atom. The summed E-state index contributed by atoms with van der Waals surface area (Å²) in [7, 11) is 0. The average Bonchev–Trinajstić information content (AvgIpc) is 2.93. The highest BCUT2D eigenvalue weighted by Crippen LogP contribution is 2.25. The number of thiophene rings is 1. The van der Waals surface area contributed by atoms with Crippen LogP contribution in [0, 0.1) is 19.7 Å². The fraction of sp³-hybridized carbons (Fsp3) is 0.400. The number of halogens is 1. The summed E-state index contributed by atoms with van der Waals surface area (Å²) in [5.41, 5.74) is 1.80. The minimum Gasteiger partial charge on any atom is -0.322 e. The quantitative estimate of drug-likeness (QED) is 0.599. The number of aryl methyl sites for hydroxylation is 2. The Balaban J connectivity index is 1.40. The first-order valence-corrected chi connectivity index (χ1v) is 10.2. The van der Waals surface area contributed by atoms with Crippen LogP contribution in [0.15, 0.2) is 29.1 Å². The van der Waals surface area contributed by atoms with Crippen molar-refractivity contribution >= 4 is 21.6 Å². The molecule has 2 aromatic heterocycles. The molecule has 3 N–H and O–H groups in total. The van der Waals surface area contributed by atoms with Crippen molar-refractivity contribution in [1.82, 2.24) is 9.97 Å². The molecule has 0 saturated carbocycles. The van der Waals surface area contributed by atoms with E-state index in [9.17, 15) is 9.18 Å². The number of hydrogen-bond donors (Lipinski definition) is 3. The van der Waals surface area contributed by atoms with E-state index in [1.54, 1.807) is 17.4 Å². The molecule has 3 heterocycles. The van der Waals surface area contributed by atoms with Gasteiger partial charge in [-0.1, -0.05) is 18.2 Å². The largest absolute Gasteiger partial charge is 0.322 e. The second kappa shape index (κ2) is 7.50. The monoisotopic (exact) mass is 388 g/mol. The number of nitrogens with one attached hydrogen (secondary N) is 3. The number of H-pyrrole nitrogens is 1. The molecule has 142 valence electrons. The summed E-state index contributed by atoms with van der Waals surface area (Å²) in [6.45, 7) is 9.45. The number of fused-ring (bicyclic) bond motifs is 1. The van der Waals surface area contributed by atoms with Crippen molar-refractivity contribution in [2.24, 2.45) is 0 Å². The van der Waals surface area contributed by atoms with Crippen LogP contribution in [-0.2, 0) is 13.1 Å². The van der Waals surface area contributed by atoms with Crippen LogP contribution >= 0.6 is 11.3 Å². The summed E-state index contributed by atoms with van der Waals surface area (Å²) < 4.78 is 13.8. The number of aromatic nitrogens is 2. The molecule has 1 aliphatic rings. The molecule has 0 unspecified atom stereocenters. The van der Waals surface area contributed by atoms with Crippen LogP contribution in [0.2, 0.25) is 0 Å². The van der Waals surface area contributed by atoms with Crippen LogP contribution in [0.3, 0.4) is 0 Å². The SMILES string of the molecule is Cc1sc2nc(C[NH+]3CC[NH+](Cc4ccccc4F)CC3)[nH]c(=O)c2c1C. The molecule has 5 nitrogen and oxygen atoms in total. The molecule has 0 radical (unpaired) electrons. The zero-order valence-electron chi connectivity index (χ0n) is 15.7. The number of quaternary nitrogens is 2. The highest BCUT2D eigenvalue weighted by Gasteiger charge is 2.25. The van der Waals surface area contributed by atoms with Gasteiger partial charge in [0, 0.05) is 10.4 Å². The highest BCUT2D eigenvalue weighted by atomic mass is 32.1. The normalized spacial score (nSPS) is 20.3. The third-order valence-corrected chi connectivity index (χ3v) is 6.67. The Kier molecular flexibility index (Phi) is 5.08. The lowest BCUT2D eigenvalue weighted by Crippen LogP contribution is -3.27. The van der Waals surface area contributed by atoms with Crippen LogP contribution in [0.25, 0.3) is 10.2 Å². The van der Waals surface area contributed by atoms with E-state index in [1.165, 1.54) is 15.9 Å². The first kappa shape index (κ1) is 18.3. The molecule has 0 aliphatic carbocycles. The Hall–Kier alpha value is -2.09. The van der Waals surface area contributed by atoms with Crippen LogP contribution in [0.1, 0.15) is 21.8 Å². The van der Waals surface area contributed by atoms with E-state index in [-0.39, 0.29) is 11.4 Å². The van der Waals surface area contributed by atoms with Crippen molar-refractivity contribution in [2.45, 2.75) is 26.9 Å². The van der Waals surface area contributed by atoms with Gasteiger partial charge >= 0.3 is 0 Å². The van der Waals surface area contributed by atoms with Gasteiger partial charge in [0.2, 0.25) is 0 Å². The number of rotatable bonds is 4. The molecule has 0 atom stereocenters. The Bertz CT molecular complexity index is 1020. The van der Waals surface area contributed by atoms with E-state index < -0.39 is 0 Å². The summed E-state index contributed by atoms with van der Waals surface area (Å²) in [5, 5.41) is 0.732. The standard InChI is InChI=1S/C20H23FN4OS/c1-13-14(2)27-20-18(13)19(26)22-17(23-20)12-25-9-7-24(8-10-25)11-15-5-3-4-6-16(15)21/h3-6H,7-12H2,1-2H3,(H,22,23,26)/p+2. The third kappa shape index (κ3) is 3.81. The van der Waals surface area contributed by atoms with Crippen molar-refractivity contribution in [3.63, 3.8) is 0 Å². The molecule has 0 amide bonds. The van der Waals surface area contributed by atoms with E-state index in [0.717, 1.165) is 71.3 Å². The minimum atomic E-state index is -0.114. The van der Waals surface area contributed by atoms with Gasteiger partial charge in [-0.25, -0.2) is 9.37 Å². The summed E-state index contributed by atoms with van der Waals surface area (Å²) >= 11 is 1.59. The fourth-order valence-electron chi connectivity index (χ4n) is 3.84. The number of benzene rings is 1. The predicted molar refractivity (Wildman–Crippen MR) is 105 cm³/mol. The Morgan fingerprint density at radius 2 is 1.78 bits per heavy atom. The predicted octanol–water partition coefficient (Wildman–Crippen LogP) is 0.224. The summed E-state index contributed by atoms with van der Waals surface area (Å²) in [5.74, 6) is 0.651. The van der Waals surface area contributed by atoms with Gasteiger partial charge < -0.3 is 14.8 Å².